The van der Waals surface area contributed by atoms with Crippen molar-refractivity contribution in [2.45, 2.75) is 36.0 Å². The lowest BCUT2D eigenvalue weighted by Crippen LogP contribution is -2.36. The van der Waals surface area contributed by atoms with Crippen LogP contribution in [-0.4, -0.2) is 22.6 Å². The van der Waals surface area contributed by atoms with Crippen molar-refractivity contribution in [3.05, 3.63) is 29.2 Å². The number of carbonyl (C=O) groups excluding carboxylic acids is 1. The summed E-state index contributed by atoms with van der Waals surface area (Å²) in [6.07, 6.45) is 3.88. The number of nitrogens with one attached hydrogen (secondary N) is 1. The van der Waals surface area contributed by atoms with Crippen LogP contribution in [0.15, 0.2) is 29.2 Å². The molecule has 1 aromatic rings. The average Bonchev–Trinajstić information content (AvgIpc) is 2.65. The van der Waals surface area contributed by atoms with Crippen molar-refractivity contribution in [1.29, 1.82) is 0 Å². The van der Waals surface area contributed by atoms with Crippen LogP contribution in [0.2, 0.25) is 0 Å². The molecular formula is C14H17N2O2S+. The zero-order chi connectivity index (χ0) is 13.2. The normalized spacial score (nSPS) is 21.9. The van der Waals surface area contributed by atoms with Crippen molar-refractivity contribution >= 4 is 23.4 Å². The maximum atomic E-state index is 12.1. The van der Waals surface area contributed by atoms with E-state index in [1.54, 1.807) is 11.8 Å². The van der Waals surface area contributed by atoms with Gasteiger partial charge in [-0.2, -0.15) is 0 Å². The fourth-order valence-electron chi connectivity index (χ4n) is 2.40. The standard InChI is InChI=1S/C14H16N2O2S/c17-14(10-4-3-5-10)15-9-8-13-16(18)11-6-1-2-7-12(11)19-13/h1-2,6-7,10,13H,3-5,8-9H2/p+1. The van der Waals surface area contributed by atoms with Crippen LogP contribution in [0.3, 0.4) is 0 Å². The Balaban J connectivity index is 1.49. The molecule has 5 heteroatoms. The second kappa shape index (κ2) is 5.33. The summed E-state index contributed by atoms with van der Waals surface area (Å²) in [7, 11) is 0. The highest BCUT2D eigenvalue weighted by atomic mass is 32.2. The Morgan fingerprint density at radius 3 is 2.84 bits per heavy atom. The summed E-state index contributed by atoms with van der Waals surface area (Å²) in [4.78, 5) is 24.8. The summed E-state index contributed by atoms with van der Waals surface area (Å²) in [5.41, 5.74) is 0.753. The molecule has 0 radical (unpaired) electrons. The molecule has 2 aliphatic rings. The third kappa shape index (κ3) is 2.52. The average molecular weight is 277 g/mol. The Hall–Kier alpha value is -1.36. The van der Waals surface area contributed by atoms with Crippen LogP contribution in [0.5, 0.6) is 0 Å². The van der Waals surface area contributed by atoms with Gasteiger partial charge in [-0.15, -0.1) is 0 Å². The van der Waals surface area contributed by atoms with E-state index in [2.05, 4.69) is 5.32 Å². The number of carbonyl (C=O) groups is 1. The summed E-state index contributed by atoms with van der Waals surface area (Å²) >= 11 is 1.59. The van der Waals surface area contributed by atoms with Gasteiger partial charge in [0.2, 0.25) is 5.91 Å². The molecule has 4 nitrogen and oxygen atoms in total. The van der Waals surface area contributed by atoms with E-state index in [0.717, 1.165) is 28.2 Å². The van der Waals surface area contributed by atoms with Gasteiger partial charge >= 0.3 is 0 Å². The number of hydrogen-bond donors (Lipinski definition) is 1. The smallest absolute Gasteiger partial charge is 0.271 e. The monoisotopic (exact) mass is 277 g/mol. The summed E-state index contributed by atoms with van der Waals surface area (Å²) in [5, 5.41) is 2.83. The lowest BCUT2D eigenvalue weighted by molar-refractivity contribution is -0.476. The van der Waals surface area contributed by atoms with Gasteiger partial charge in [0.05, 0.1) is 9.66 Å². The van der Waals surface area contributed by atoms with E-state index in [0.29, 0.717) is 13.0 Å². The molecule has 1 N–H and O–H groups in total. The second-order valence-electron chi connectivity index (χ2n) is 5.07. The van der Waals surface area contributed by atoms with Crippen LogP contribution >= 0.6 is 11.8 Å². The Bertz CT molecular complexity index is 514. The molecule has 100 valence electrons. The predicted octanol–water partition coefficient (Wildman–Crippen LogP) is 2.84. The first-order valence-electron chi connectivity index (χ1n) is 6.75. The third-order valence-electron chi connectivity index (χ3n) is 3.79. The number of fused-ring (bicyclic) bond motifs is 1. The molecule has 1 aromatic carbocycles. The highest BCUT2D eigenvalue weighted by Crippen LogP contribution is 2.42. The Morgan fingerprint density at radius 1 is 1.37 bits per heavy atom. The van der Waals surface area contributed by atoms with E-state index in [1.165, 1.54) is 6.42 Å². The van der Waals surface area contributed by atoms with Gasteiger partial charge in [0, 0.05) is 29.9 Å². The second-order valence-corrected chi connectivity index (χ2v) is 6.29. The van der Waals surface area contributed by atoms with Crippen molar-refractivity contribution in [1.82, 2.24) is 5.32 Å². The molecule has 0 bridgehead atoms. The number of hydrogen-bond acceptors (Lipinski definition) is 3. The Labute approximate surface area is 116 Å². The van der Waals surface area contributed by atoms with E-state index in [4.69, 9.17) is 0 Å². The molecule has 1 atom stereocenters. The van der Waals surface area contributed by atoms with E-state index < -0.39 is 0 Å². The largest absolute Gasteiger partial charge is 0.356 e. The van der Waals surface area contributed by atoms with Crippen LogP contribution < -0.4 is 5.32 Å². The molecule has 0 aromatic heterocycles. The lowest BCUT2D eigenvalue weighted by Gasteiger charge is -2.23. The third-order valence-corrected chi connectivity index (χ3v) is 5.09. The molecule has 0 saturated heterocycles. The lowest BCUT2D eigenvalue weighted by atomic mass is 9.85. The van der Waals surface area contributed by atoms with Crippen LogP contribution in [0.4, 0.5) is 5.69 Å². The van der Waals surface area contributed by atoms with Gasteiger partial charge < -0.3 is 5.32 Å². The Kier molecular flexibility index (Phi) is 3.55. The molecule has 1 heterocycles. The van der Waals surface area contributed by atoms with Crippen molar-refractivity contribution in [3.8, 4) is 0 Å². The molecular weight excluding hydrogens is 260 g/mol. The van der Waals surface area contributed by atoms with Crippen LogP contribution in [-0.2, 0) is 4.79 Å². The fraction of sp³-hybridized carbons (Fsp3) is 0.500. The van der Waals surface area contributed by atoms with E-state index in [1.807, 2.05) is 24.3 Å². The molecule has 1 fully saturated rings. The molecule has 1 saturated carbocycles. The van der Waals surface area contributed by atoms with Gasteiger partial charge in [-0.3, -0.25) is 4.79 Å². The van der Waals surface area contributed by atoms with Gasteiger partial charge in [0.15, 0.2) is 0 Å². The molecule has 1 unspecified atom stereocenters. The quantitative estimate of drug-likeness (QED) is 0.861. The fourth-order valence-corrected chi connectivity index (χ4v) is 3.57. The number of rotatable bonds is 4. The first kappa shape index (κ1) is 12.7. The maximum Gasteiger partial charge on any atom is 0.271 e. The molecule has 19 heavy (non-hydrogen) atoms. The van der Waals surface area contributed by atoms with Gasteiger partial charge in [-0.1, -0.05) is 18.6 Å². The van der Waals surface area contributed by atoms with Gasteiger partial charge in [-0.05, 0) is 30.7 Å². The minimum absolute atomic E-state index is 0.112. The minimum atomic E-state index is -0.112. The molecule has 1 amide bonds. The zero-order valence-corrected chi connectivity index (χ0v) is 11.5. The summed E-state index contributed by atoms with van der Waals surface area (Å²) in [6.45, 7) is 0.583. The van der Waals surface area contributed by atoms with Crippen LogP contribution in [0.1, 0.15) is 25.7 Å². The topological polar surface area (TPSA) is 49.2 Å². The van der Waals surface area contributed by atoms with Gasteiger partial charge in [0.1, 0.15) is 0 Å². The van der Waals surface area contributed by atoms with Gasteiger partial charge in [0.25, 0.3) is 11.1 Å². The number of para-hydroxylation sites is 1. The molecule has 0 spiro atoms. The summed E-state index contributed by atoms with van der Waals surface area (Å²) < 4.78 is 1.06. The SMILES string of the molecule is O=C(NCCC1Sc2ccccc2[N+]1=O)C1CCC1. The summed E-state index contributed by atoms with van der Waals surface area (Å²) in [5.74, 6) is 0.376. The number of nitroso groups, excluding NO2 is 1. The molecule has 1 aliphatic heterocycles. The van der Waals surface area contributed by atoms with E-state index in [-0.39, 0.29) is 17.2 Å². The first-order chi connectivity index (χ1) is 9.25. The van der Waals surface area contributed by atoms with Crippen LogP contribution in [0.25, 0.3) is 0 Å². The van der Waals surface area contributed by atoms with Crippen LogP contribution in [0, 0.1) is 10.8 Å². The first-order valence-corrected chi connectivity index (χ1v) is 7.63. The van der Waals surface area contributed by atoms with Crippen molar-refractivity contribution < 1.29 is 9.55 Å². The highest BCUT2D eigenvalue weighted by molar-refractivity contribution is 8.00. The van der Waals surface area contributed by atoms with Crippen molar-refractivity contribution in [2.24, 2.45) is 5.92 Å². The maximum absolute atomic E-state index is 12.1. The number of thioether (sulfide) groups is 1. The van der Waals surface area contributed by atoms with Gasteiger partial charge in [-0.25, -0.2) is 0 Å². The number of amides is 1. The van der Waals surface area contributed by atoms with E-state index >= 15 is 0 Å². The van der Waals surface area contributed by atoms with Crippen molar-refractivity contribution in [2.75, 3.05) is 6.54 Å². The van der Waals surface area contributed by atoms with Crippen molar-refractivity contribution in [3.63, 3.8) is 0 Å². The summed E-state index contributed by atoms with van der Waals surface area (Å²) in [6, 6.07) is 7.64. The Morgan fingerprint density at radius 2 is 2.16 bits per heavy atom. The molecule has 3 rings (SSSR count). The molecule has 1 aliphatic carbocycles. The minimum Gasteiger partial charge on any atom is -0.356 e. The highest BCUT2D eigenvalue weighted by Gasteiger charge is 2.39. The number of benzene rings is 1. The van der Waals surface area contributed by atoms with E-state index in [9.17, 15) is 9.70 Å². The predicted molar refractivity (Wildman–Crippen MR) is 74.3 cm³/mol. The zero-order valence-electron chi connectivity index (χ0n) is 10.7. The number of nitrogens with zero attached hydrogens (tertiary/aromatic N) is 1.